The average molecular weight is 349 g/mol. The van der Waals surface area contributed by atoms with E-state index >= 15 is 0 Å². The van der Waals surface area contributed by atoms with Crippen LogP contribution in [0.3, 0.4) is 0 Å². The molecule has 1 nitrogen and oxygen atoms in total. The average Bonchev–Trinajstić information content (AvgIpc) is 2.68. The molecule has 0 saturated heterocycles. The zero-order valence-corrected chi connectivity index (χ0v) is 15.7. The molecular weight excluding hydrogens is 321 g/mol. The molecule has 2 aromatic carbocycles. The van der Waals surface area contributed by atoms with Crippen molar-refractivity contribution in [2.24, 2.45) is 5.92 Å². The van der Waals surface area contributed by atoms with E-state index < -0.39 is 5.82 Å². The van der Waals surface area contributed by atoms with Crippen molar-refractivity contribution >= 4 is 0 Å². The lowest BCUT2D eigenvalue weighted by molar-refractivity contribution is 0.308. The zero-order valence-electron chi connectivity index (χ0n) is 15.7. The Morgan fingerprint density at radius 2 is 1.62 bits per heavy atom. The normalized spacial score (nSPS) is 19.9. The van der Waals surface area contributed by atoms with Crippen molar-refractivity contribution in [1.82, 2.24) is 0 Å². The summed E-state index contributed by atoms with van der Waals surface area (Å²) in [7, 11) is 0. The van der Waals surface area contributed by atoms with Crippen LogP contribution >= 0.6 is 0 Å². The molecule has 0 unspecified atom stereocenters. The predicted octanol–water partition coefficient (Wildman–Crippen LogP) is 6.56. The van der Waals surface area contributed by atoms with Crippen LogP contribution in [0.4, 0.5) is 4.39 Å². The van der Waals surface area contributed by atoms with Gasteiger partial charge in [0.25, 0.3) is 0 Å². The third-order valence-corrected chi connectivity index (χ3v) is 5.85. The van der Waals surface area contributed by atoms with Crippen LogP contribution in [0.15, 0.2) is 42.5 Å². The summed E-state index contributed by atoms with van der Waals surface area (Å²) in [6.07, 6.45) is 9.81. The number of nitrogens with zero attached hydrogens (tertiary/aromatic N) is 1. The second-order valence-electron chi connectivity index (χ2n) is 7.67. The molecule has 0 amide bonds. The Hall–Kier alpha value is -2.14. The van der Waals surface area contributed by atoms with Gasteiger partial charge in [0.1, 0.15) is 11.9 Å². The fourth-order valence-corrected chi connectivity index (χ4v) is 4.24. The van der Waals surface area contributed by atoms with Crippen molar-refractivity contribution in [1.29, 1.82) is 5.26 Å². The Morgan fingerprint density at radius 1 is 0.962 bits per heavy atom. The van der Waals surface area contributed by atoms with Gasteiger partial charge in [-0.2, -0.15) is 5.26 Å². The van der Waals surface area contributed by atoms with E-state index in [1.807, 2.05) is 12.1 Å². The predicted molar refractivity (Wildman–Crippen MR) is 105 cm³/mol. The molecule has 0 radical (unpaired) electrons. The van der Waals surface area contributed by atoms with E-state index in [1.54, 1.807) is 6.07 Å². The van der Waals surface area contributed by atoms with Crippen LogP contribution < -0.4 is 0 Å². The molecule has 0 bridgehead atoms. The van der Waals surface area contributed by atoms with E-state index in [0.29, 0.717) is 0 Å². The molecule has 26 heavy (non-hydrogen) atoms. The highest BCUT2D eigenvalue weighted by molar-refractivity contribution is 5.34. The lowest BCUT2D eigenvalue weighted by Crippen LogP contribution is -2.13. The Labute approximate surface area is 156 Å². The Morgan fingerprint density at radius 3 is 2.23 bits per heavy atom. The fraction of sp³-hybridized carbons (Fsp3) is 0.458. The molecule has 2 aromatic rings. The summed E-state index contributed by atoms with van der Waals surface area (Å²) in [4.78, 5) is 0. The van der Waals surface area contributed by atoms with Gasteiger partial charge in [0.05, 0.1) is 5.56 Å². The van der Waals surface area contributed by atoms with Gasteiger partial charge in [0, 0.05) is 0 Å². The molecule has 1 aliphatic carbocycles. The van der Waals surface area contributed by atoms with Crippen molar-refractivity contribution in [3.05, 3.63) is 70.5 Å². The third-order valence-electron chi connectivity index (χ3n) is 5.85. The monoisotopic (exact) mass is 349 g/mol. The first kappa shape index (κ1) is 18.6. The van der Waals surface area contributed by atoms with Gasteiger partial charge in [-0.15, -0.1) is 0 Å². The number of nitriles is 1. The quantitative estimate of drug-likeness (QED) is 0.579. The first-order valence-corrected chi connectivity index (χ1v) is 9.97. The number of hydrogen-bond acceptors (Lipinski definition) is 1. The van der Waals surface area contributed by atoms with E-state index in [1.165, 1.54) is 55.7 Å². The maximum Gasteiger partial charge on any atom is 0.141 e. The van der Waals surface area contributed by atoms with Crippen molar-refractivity contribution in [3.8, 4) is 6.07 Å². The van der Waals surface area contributed by atoms with Crippen molar-refractivity contribution < 1.29 is 4.39 Å². The van der Waals surface area contributed by atoms with Gasteiger partial charge in [0.2, 0.25) is 0 Å². The minimum absolute atomic E-state index is 0.117. The largest absolute Gasteiger partial charge is 0.206 e. The van der Waals surface area contributed by atoms with E-state index in [4.69, 9.17) is 5.26 Å². The lowest BCUT2D eigenvalue weighted by atomic mass is 9.77. The molecule has 3 rings (SSSR count). The minimum Gasteiger partial charge on any atom is -0.206 e. The van der Waals surface area contributed by atoms with Crippen molar-refractivity contribution in [2.45, 2.75) is 64.2 Å². The summed E-state index contributed by atoms with van der Waals surface area (Å²) < 4.78 is 13.7. The van der Waals surface area contributed by atoms with Gasteiger partial charge >= 0.3 is 0 Å². The molecule has 1 fully saturated rings. The van der Waals surface area contributed by atoms with E-state index in [2.05, 4.69) is 31.2 Å². The van der Waals surface area contributed by atoms with Gasteiger partial charge in [0.15, 0.2) is 0 Å². The van der Waals surface area contributed by atoms with E-state index in [-0.39, 0.29) is 5.56 Å². The van der Waals surface area contributed by atoms with Crippen LogP contribution in [0, 0.1) is 23.1 Å². The van der Waals surface area contributed by atoms with Gasteiger partial charge in [-0.25, -0.2) is 4.39 Å². The van der Waals surface area contributed by atoms with Crippen LogP contribution in [0.2, 0.25) is 0 Å². The molecule has 2 heteroatoms. The lowest BCUT2D eigenvalue weighted by Gasteiger charge is -2.28. The number of benzene rings is 2. The summed E-state index contributed by atoms with van der Waals surface area (Å²) >= 11 is 0. The maximum absolute atomic E-state index is 13.7. The highest BCUT2D eigenvalue weighted by Gasteiger charge is 2.21. The summed E-state index contributed by atoms with van der Waals surface area (Å²) in [6.45, 7) is 2.29. The molecule has 0 heterocycles. The van der Waals surface area contributed by atoms with Gasteiger partial charge in [-0.05, 0) is 79.2 Å². The van der Waals surface area contributed by atoms with Gasteiger partial charge in [-0.1, -0.05) is 50.1 Å². The number of aryl methyl sites for hydroxylation is 2. The van der Waals surface area contributed by atoms with Crippen LogP contribution in [0.25, 0.3) is 0 Å². The topological polar surface area (TPSA) is 23.8 Å². The second-order valence-corrected chi connectivity index (χ2v) is 7.67. The SMILES string of the molecule is CCC[C@H]1CC[C@H](c2ccc(CCc3ccc(C#N)c(F)c3)cc2)CC1. The zero-order chi connectivity index (χ0) is 18.4. The molecule has 0 aromatic heterocycles. The van der Waals surface area contributed by atoms with E-state index in [9.17, 15) is 4.39 Å². The van der Waals surface area contributed by atoms with Crippen molar-refractivity contribution in [2.75, 3.05) is 0 Å². The minimum atomic E-state index is -0.418. The van der Waals surface area contributed by atoms with Gasteiger partial charge < -0.3 is 0 Å². The second kappa shape index (κ2) is 8.99. The third kappa shape index (κ3) is 4.73. The molecule has 0 atom stereocenters. The molecular formula is C24H28FN. The molecule has 0 aliphatic heterocycles. The Bertz CT molecular complexity index is 749. The van der Waals surface area contributed by atoms with Crippen LogP contribution in [-0.2, 0) is 12.8 Å². The fourth-order valence-electron chi connectivity index (χ4n) is 4.24. The molecule has 1 saturated carbocycles. The first-order chi connectivity index (χ1) is 12.7. The Balaban J connectivity index is 1.53. The molecule has 0 spiro atoms. The standard InChI is InChI=1S/C24H28FN/c1-2-3-18-6-11-21(12-7-18)22-13-8-19(9-14-22)4-5-20-10-15-23(17-26)24(25)16-20/h8-10,13-16,18,21H,2-7,11-12H2,1H3/t18-,21-. The number of halogens is 1. The van der Waals surface area contributed by atoms with Crippen molar-refractivity contribution in [3.63, 3.8) is 0 Å². The molecule has 1 aliphatic rings. The summed E-state index contributed by atoms with van der Waals surface area (Å²) in [6, 6.07) is 15.8. The van der Waals surface area contributed by atoms with Crippen LogP contribution in [0.5, 0.6) is 0 Å². The first-order valence-electron chi connectivity index (χ1n) is 9.97. The molecule has 0 N–H and O–H groups in total. The number of hydrogen-bond donors (Lipinski definition) is 0. The highest BCUT2D eigenvalue weighted by atomic mass is 19.1. The Kier molecular flexibility index (Phi) is 6.45. The van der Waals surface area contributed by atoms with Crippen LogP contribution in [0.1, 0.15) is 73.6 Å². The number of rotatable bonds is 6. The highest BCUT2D eigenvalue weighted by Crippen LogP contribution is 2.37. The summed E-state index contributed by atoms with van der Waals surface area (Å²) in [5.41, 5.74) is 3.83. The van der Waals surface area contributed by atoms with E-state index in [0.717, 1.165) is 30.2 Å². The summed E-state index contributed by atoms with van der Waals surface area (Å²) in [5.74, 6) is 1.26. The molecule has 136 valence electrons. The van der Waals surface area contributed by atoms with Crippen LogP contribution in [-0.4, -0.2) is 0 Å². The summed E-state index contributed by atoms with van der Waals surface area (Å²) in [5, 5.41) is 8.80. The maximum atomic E-state index is 13.7. The smallest absolute Gasteiger partial charge is 0.141 e. The van der Waals surface area contributed by atoms with Gasteiger partial charge in [-0.3, -0.25) is 0 Å².